The van der Waals surface area contributed by atoms with Crippen molar-refractivity contribution in [1.82, 2.24) is 14.6 Å². The van der Waals surface area contributed by atoms with Crippen LogP contribution in [0.25, 0.3) is 5.82 Å². The van der Waals surface area contributed by atoms with Crippen LogP contribution in [0, 0.1) is 20.8 Å². The lowest BCUT2D eigenvalue weighted by atomic mass is 10.2. The Morgan fingerprint density at radius 1 is 1.41 bits per heavy atom. The molecule has 2 aromatic heterocycles. The van der Waals surface area contributed by atoms with Crippen molar-refractivity contribution in [1.29, 1.82) is 0 Å². The van der Waals surface area contributed by atoms with Gasteiger partial charge in [0, 0.05) is 30.0 Å². The molecule has 22 heavy (non-hydrogen) atoms. The van der Waals surface area contributed by atoms with E-state index in [1.54, 1.807) is 4.90 Å². The van der Waals surface area contributed by atoms with E-state index >= 15 is 0 Å². The van der Waals surface area contributed by atoms with Crippen molar-refractivity contribution in [3.05, 3.63) is 34.8 Å². The number of hydrogen-bond donors (Lipinski definition) is 1. The van der Waals surface area contributed by atoms with E-state index in [0.717, 1.165) is 30.0 Å². The van der Waals surface area contributed by atoms with Crippen molar-refractivity contribution in [2.45, 2.75) is 39.7 Å². The summed E-state index contributed by atoms with van der Waals surface area (Å²) in [5, 5.41) is 13.2. The van der Waals surface area contributed by atoms with Crippen LogP contribution in [0.15, 0.2) is 16.7 Å². The first-order valence-electron chi connectivity index (χ1n) is 7.57. The quantitative estimate of drug-likeness (QED) is 0.917. The van der Waals surface area contributed by atoms with Crippen LogP contribution in [-0.2, 0) is 0 Å². The van der Waals surface area contributed by atoms with E-state index in [2.05, 4.69) is 5.16 Å². The van der Waals surface area contributed by atoms with Gasteiger partial charge in [-0.25, -0.2) is 0 Å². The molecule has 118 valence electrons. The fraction of sp³-hybridized carbons (Fsp3) is 0.500. The fourth-order valence-corrected chi connectivity index (χ4v) is 2.89. The molecular weight excluding hydrogens is 282 g/mol. The number of carbonyl (C=O) groups excluding carboxylic acids is 1. The van der Waals surface area contributed by atoms with Gasteiger partial charge in [-0.05, 0) is 39.7 Å². The molecule has 1 aliphatic carbocycles. The Hall–Kier alpha value is -2.08. The molecule has 2 aromatic rings. The van der Waals surface area contributed by atoms with Crippen LogP contribution in [-0.4, -0.2) is 44.8 Å². The van der Waals surface area contributed by atoms with Crippen LogP contribution in [0.2, 0.25) is 0 Å². The number of aromatic nitrogens is 2. The Morgan fingerprint density at radius 2 is 2.14 bits per heavy atom. The Balaban J connectivity index is 1.96. The average Bonchev–Trinajstić information content (AvgIpc) is 3.17. The highest BCUT2D eigenvalue weighted by atomic mass is 16.5. The van der Waals surface area contributed by atoms with Crippen molar-refractivity contribution in [3.8, 4) is 5.82 Å². The molecule has 2 heterocycles. The highest BCUT2D eigenvalue weighted by Crippen LogP contribution is 2.30. The van der Waals surface area contributed by atoms with Gasteiger partial charge in [0.2, 0.25) is 0 Å². The zero-order chi connectivity index (χ0) is 15.9. The van der Waals surface area contributed by atoms with Crippen LogP contribution in [0.4, 0.5) is 0 Å². The maximum Gasteiger partial charge on any atom is 0.256 e. The molecule has 1 saturated carbocycles. The van der Waals surface area contributed by atoms with Gasteiger partial charge < -0.3 is 14.5 Å². The highest BCUT2D eigenvalue weighted by molar-refractivity contribution is 5.96. The van der Waals surface area contributed by atoms with Crippen molar-refractivity contribution in [3.63, 3.8) is 0 Å². The van der Waals surface area contributed by atoms with Crippen molar-refractivity contribution in [2.24, 2.45) is 0 Å². The Bertz CT molecular complexity index is 698. The molecule has 1 fully saturated rings. The molecule has 6 heteroatoms. The van der Waals surface area contributed by atoms with Crippen molar-refractivity contribution in [2.75, 3.05) is 13.2 Å². The Morgan fingerprint density at radius 3 is 2.68 bits per heavy atom. The number of aliphatic hydroxyl groups is 1. The van der Waals surface area contributed by atoms with E-state index in [9.17, 15) is 9.90 Å². The largest absolute Gasteiger partial charge is 0.395 e. The molecule has 3 rings (SSSR count). The molecule has 0 radical (unpaired) electrons. The normalized spacial score (nSPS) is 14.4. The van der Waals surface area contributed by atoms with Gasteiger partial charge in [-0.1, -0.05) is 5.16 Å². The summed E-state index contributed by atoms with van der Waals surface area (Å²) in [5.74, 6) is 1.40. The van der Waals surface area contributed by atoms with E-state index in [1.165, 1.54) is 0 Å². The molecule has 0 spiro atoms. The van der Waals surface area contributed by atoms with E-state index < -0.39 is 0 Å². The molecule has 0 aliphatic heterocycles. The standard InChI is InChI=1S/C16H21N3O3/c1-10-8-14(16(21)18(6-7-20)13-4-5-13)12(3)19(10)15-9-11(2)22-17-15/h8-9,13,20H,4-7H2,1-3H3. The second kappa shape index (κ2) is 5.61. The first kappa shape index (κ1) is 14.8. The molecular formula is C16H21N3O3. The average molecular weight is 303 g/mol. The second-order valence-corrected chi connectivity index (χ2v) is 5.87. The number of amides is 1. The van der Waals surface area contributed by atoms with Crippen LogP contribution >= 0.6 is 0 Å². The monoisotopic (exact) mass is 303 g/mol. The molecule has 6 nitrogen and oxygen atoms in total. The van der Waals surface area contributed by atoms with Gasteiger partial charge in [-0.2, -0.15) is 0 Å². The smallest absolute Gasteiger partial charge is 0.256 e. The minimum Gasteiger partial charge on any atom is -0.395 e. The second-order valence-electron chi connectivity index (χ2n) is 5.87. The predicted octanol–water partition coefficient (Wildman–Crippen LogP) is 1.99. The van der Waals surface area contributed by atoms with Gasteiger partial charge in [-0.15, -0.1) is 0 Å². The van der Waals surface area contributed by atoms with Gasteiger partial charge >= 0.3 is 0 Å². The number of rotatable bonds is 5. The third-order valence-electron chi connectivity index (χ3n) is 4.10. The summed E-state index contributed by atoms with van der Waals surface area (Å²) in [5.41, 5.74) is 2.45. The molecule has 1 N–H and O–H groups in total. The highest BCUT2D eigenvalue weighted by Gasteiger charge is 2.34. The summed E-state index contributed by atoms with van der Waals surface area (Å²) in [6, 6.07) is 4.01. The molecule has 0 saturated heterocycles. The summed E-state index contributed by atoms with van der Waals surface area (Å²) >= 11 is 0. The molecule has 0 bridgehead atoms. The molecule has 1 amide bonds. The first-order chi connectivity index (χ1) is 10.5. The van der Waals surface area contributed by atoms with E-state index in [1.807, 2.05) is 37.5 Å². The first-order valence-corrected chi connectivity index (χ1v) is 7.57. The topological polar surface area (TPSA) is 71.5 Å². The summed E-state index contributed by atoms with van der Waals surface area (Å²) in [4.78, 5) is 14.6. The molecule has 0 atom stereocenters. The van der Waals surface area contributed by atoms with Crippen molar-refractivity contribution >= 4 is 5.91 Å². The summed E-state index contributed by atoms with van der Waals surface area (Å²) in [6.45, 7) is 6.07. The summed E-state index contributed by atoms with van der Waals surface area (Å²) in [6.07, 6.45) is 2.04. The van der Waals surface area contributed by atoms with Crippen LogP contribution in [0.5, 0.6) is 0 Å². The molecule has 0 unspecified atom stereocenters. The zero-order valence-electron chi connectivity index (χ0n) is 13.2. The van der Waals surface area contributed by atoms with Gasteiger partial charge in [0.15, 0.2) is 5.82 Å². The van der Waals surface area contributed by atoms with Crippen LogP contribution in [0.3, 0.4) is 0 Å². The zero-order valence-corrected chi connectivity index (χ0v) is 13.2. The maximum absolute atomic E-state index is 12.8. The fourth-order valence-electron chi connectivity index (χ4n) is 2.89. The Kier molecular flexibility index (Phi) is 3.78. The lowest BCUT2D eigenvalue weighted by molar-refractivity contribution is 0.0707. The van der Waals surface area contributed by atoms with Crippen LogP contribution < -0.4 is 0 Å². The van der Waals surface area contributed by atoms with E-state index in [-0.39, 0.29) is 18.6 Å². The molecule has 0 aromatic carbocycles. The predicted molar refractivity (Wildman–Crippen MR) is 81.2 cm³/mol. The minimum absolute atomic E-state index is 0.0105. The Labute approximate surface area is 129 Å². The minimum atomic E-state index is -0.0175. The van der Waals surface area contributed by atoms with Gasteiger partial charge in [0.25, 0.3) is 5.91 Å². The van der Waals surface area contributed by atoms with Gasteiger partial charge in [-0.3, -0.25) is 9.36 Å². The lowest BCUT2D eigenvalue weighted by Crippen LogP contribution is -2.35. The number of nitrogens with zero attached hydrogens (tertiary/aromatic N) is 3. The van der Waals surface area contributed by atoms with Gasteiger partial charge in [0.1, 0.15) is 5.76 Å². The van der Waals surface area contributed by atoms with Crippen LogP contribution in [0.1, 0.15) is 40.3 Å². The number of aryl methyl sites for hydroxylation is 2. The number of aliphatic hydroxyl groups excluding tert-OH is 1. The summed E-state index contributed by atoms with van der Waals surface area (Å²) in [7, 11) is 0. The molecule has 1 aliphatic rings. The SMILES string of the molecule is Cc1cc(-n2c(C)cc(C(=O)N(CCO)C3CC3)c2C)no1. The van der Waals surface area contributed by atoms with Crippen molar-refractivity contribution < 1.29 is 14.4 Å². The van der Waals surface area contributed by atoms with Gasteiger partial charge in [0.05, 0.1) is 12.2 Å². The number of hydrogen-bond acceptors (Lipinski definition) is 4. The maximum atomic E-state index is 12.8. The van der Waals surface area contributed by atoms with E-state index in [4.69, 9.17) is 4.52 Å². The third kappa shape index (κ3) is 2.54. The number of carbonyl (C=O) groups is 1. The summed E-state index contributed by atoms with van der Waals surface area (Å²) < 4.78 is 7.06. The third-order valence-corrected chi connectivity index (χ3v) is 4.10. The van der Waals surface area contributed by atoms with E-state index in [0.29, 0.717) is 17.9 Å². The lowest BCUT2D eigenvalue weighted by Gasteiger charge is -2.21.